The minimum Gasteiger partial charge on any atom is -0.487 e. The summed E-state index contributed by atoms with van der Waals surface area (Å²) < 4.78 is 7.86. The minimum atomic E-state index is -0.198. The second kappa shape index (κ2) is 8.15. The SMILES string of the molecule is Cc1ccc2nc(C)c(C(=O)Nc3cccc(OCc4cn5ccccc5n4)c3)cc2c1. The molecule has 32 heavy (non-hydrogen) atoms. The molecule has 0 saturated heterocycles. The van der Waals surface area contributed by atoms with E-state index in [2.05, 4.69) is 15.3 Å². The first-order chi connectivity index (χ1) is 15.5. The molecule has 2 aromatic carbocycles. The predicted octanol–water partition coefficient (Wildman–Crippen LogP) is 5.33. The molecule has 0 atom stereocenters. The Bertz CT molecular complexity index is 1420. The van der Waals surface area contributed by atoms with Crippen molar-refractivity contribution in [1.29, 1.82) is 0 Å². The highest BCUT2D eigenvalue weighted by atomic mass is 16.5. The maximum absolute atomic E-state index is 12.9. The highest BCUT2D eigenvalue weighted by molar-refractivity contribution is 6.06. The van der Waals surface area contributed by atoms with E-state index in [1.807, 2.05) is 97.4 Å². The van der Waals surface area contributed by atoms with Gasteiger partial charge in [-0.1, -0.05) is 23.8 Å². The lowest BCUT2D eigenvalue weighted by atomic mass is 10.1. The van der Waals surface area contributed by atoms with Crippen LogP contribution < -0.4 is 10.1 Å². The van der Waals surface area contributed by atoms with Crippen LogP contribution in [-0.4, -0.2) is 20.3 Å². The van der Waals surface area contributed by atoms with Gasteiger partial charge in [0.2, 0.25) is 0 Å². The van der Waals surface area contributed by atoms with Crippen LogP contribution in [0.1, 0.15) is 27.3 Å². The fraction of sp³-hybridized carbons (Fsp3) is 0.115. The molecule has 0 aliphatic heterocycles. The Morgan fingerprint density at radius 1 is 1.00 bits per heavy atom. The van der Waals surface area contributed by atoms with Crippen LogP contribution in [0.5, 0.6) is 5.75 Å². The number of carbonyl (C=O) groups is 1. The van der Waals surface area contributed by atoms with Crippen molar-refractivity contribution in [2.24, 2.45) is 0 Å². The van der Waals surface area contributed by atoms with Gasteiger partial charge < -0.3 is 14.5 Å². The molecule has 3 aromatic heterocycles. The third-order valence-corrected chi connectivity index (χ3v) is 5.30. The molecular formula is C26H22N4O2. The number of hydrogen-bond acceptors (Lipinski definition) is 4. The molecule has 5 aromatic rings. The summed E-state index contributed by atoms with van der Waals surface area (Å²) in [4.78, 5) is 22.1. The predicted molar refractivity (Wildman–Crippen MR) is 125 cm³/mol. The van der Waals surface area contributed by atoms with Crippen LogP contribution in [0, 0.1) is 13.8 Å². The number of amides is 1. The topological polar surface area (TPSA) is 68.5 Å². The second-order valence-corrected chi connectivity index (χ2v) is 7.79. The Hall–Kier alpha value is -4.19. The van der Waals surface area contributed by atoms with Crippen molar-refractivity contribution in [3.05, 3.63) is 102 Å². The van der Waals surface area contributed by atoms with Gasteiger partial charge in [0.15, 0.2) is 0 Å². The van der Waals surface area contributed by atoms with Gasteiger partial charge in [0.05, 0.1) is 22.5 Å². The van der Waals surface area contributed by atoms with Crippen molar-refractivity contribution in [2.75, 3.05) is 5.32 Å². The molecule has 0 saturated carbocycles. The van der Waals surface area contributed by atoms with Crippen LogP contribution >= 0.6 is 0 Å². The lowest BCUT2D eigenvalue weighted by Gasteiger charge is -2.11. The molecule has 0 aliphatic carbocycles. The first-order valence-electron chi connectivity index (χ1n) is 10.4. The van der Waals surface area contributed by atoms with Crippen molar-refractivity contribution in [3.63, 3.8) is 0 Å². The van der Waals surface area contributed by atoms with Gasteiger partial charge in [-0.05, 0) is 56.3 Å². The van der Waals surface area contributed by atoms with E-state index in [0.29, 0.717) is 29.3 Å². The number of hydrogen-bond donors (Lipinski definition) is 1. The molecule has 0 aliphatic rings. The quantitative estimate of drug-likeness (QED) is 0.416. The molecular weight excluding hydrogens is 400 g/mol. The maximum Gasteiger partial charge on any atom is 0.257 e. The molecule has 1 amide bonds. The molecule has 6 nitrogen and oxygen atoms in total. The highest BCUT2D eigenvalue weighted by Gasteiger charge is 2.13. The van der Waals surface area contributed by atoms with E-state index >= 15 is 0 Å². The summed E-state index contributed by atoms with van der Waals surface area (Å²) in [6, 6.07) is 21.1. The highest BCUT2D eigenvalue weighted by Crippen LogP contribution is 2.22. The van der Waals surface area contributed by atoms with Crippen LogP contribution in [-0.2, 0) is 6.61 Å². The largest absolute Gasteiger partial charge is 0.487 e. The van der Waals surface area contributed by atoms with Crippen LogP contribution in [0.4, 0.5) is 5.69 Å². The van der Waals surface area contributed by atoms with Crippen molar-refractivity contribution in [1.82, 2.24) is 14.4 Å². The van der Waals surface area contributed by atoms with Gasteiger partial charge in [-0.15, -0.1) is 0 Å². The Balaban J connectivity index is 1.31. The lowest BCUT2D eigenvalue weighted by Crippen LogP contribution is -2.14. The van der Waals surface area contributed by atoms with E-state index in [1.165, 1.54) is 0 Å². The monoisotopic (exact) mass is 422 g/mol. The zero-order valence-electron chi connectivity index (χ0n) is 17.9. The van der Waals surface area contributed by atoms with Gasteiger partial charge in [0.1, 0.15) is 18.0 Å². The third kappa shape index (κ3) is 4.03. The summed E-state index contributed by atoms with van der Waals surface area (Å²) in [5, 5.41) is 3.91. The summed E-state index contributed by atoms with van der Waals surface area (Å²) in [6.07, 6.45) is 3.89. The number of nitrogens with one attached hydrogen (secondary N) is 1. The van der Waals surface area contributed by atoms with Crippen molar-refractivity contribution in [2.45, 2.75) is 20.5 Å². The fourth-order valence-corrected chi connectivity index (χ4v) is 3.70. The zero-order valence-corrected chi connectivity index (χ0v) is 17.9. The molecule has 5 rings (SSSR count). The van der Waals surface area contributed by atoms with Crippen molar-refractivity contribution in [3.8, 4) is 5.75 Å². The summed E-state index contributed by atoms with van der Waals surface area (Å²) >= 11 is 0. The Labute approximate surface area is 185 Å². The number of pyridine rings is 2. The summed E-state index contributed by atoms with van der Waals surface area (Å²) in [7, 11) is 0. The van der Waals surface area contributed by atoms with Gasteiger partial charge in [-0.2, -0.15) is 0 Å². The average Bonchev–Trinajstić information content (AvgIpc) is 3.21. The number of ether oxygens (including phenoxy) is 1. The number of carbonyl (C=O) groups excluding carboxylic acids is 1. The third-order valence-electron chi connectivity index (χ3n) is 5.30. The molecule has 3 heterocycles. The zero-order chi connectivity index (χ0) is 22.1. The Morgan fingerprint density at radius 3 is 2.78 bits per heavy atom. The van der Waals surface area contributed by atoms with Crippen LogP contribution in [0.3, 0.4) is 0 Å². The molecule has 158 valence electrons. The number of aryl methyl sites for hydroxylation is 2. The first kappa shape index (κ1) is 19.8. The number of imidazole rings is 1. The van der Waals surface area contributed by atoms with E-state index in [9.17, 15) is 4.79 Å². The van der Waals surface area contributed by atoms with E-state index < -0.39 is 0 Å². The van der Waals surface area contributed by atoms with E-state index in [1.54, 1.807) is 0 Å². The number of fused-ring (bicyclic) bond motifs is 2. The molecule has 0 fully saturated rings. The normalized spacial score (nSPS) is 11.1. The summed E-state index contributed by atoms with van der Waals surface area (Å²) in [6.45, 7) is 4.21. The smallest absolute Gasteiger partial charge is 0.257 e. The lowest BCUT2D eigenvalue weighted by molar-refractivity contribution is 0.102. The standard InChI is InChI=1S/C26H22N4O2/c1-17-9-10-24-19(12-17)13-23(18(2)27-24)26(31)29-20-6-5-7-22(14-20)32-16-21-15-30-11-4-3-8-25(30)28-21/h3-15H,16H2,1-2H3,(H,29,31). The Kier molecular flexibility index (Phi) is 5.03. The number of anilines is 1. The molecule has 6 heteroatoms. The second-order valence-electron chi connectivity index (χ2n) is 7.79. The molecule has 0 radical (unpaired) electrons. The van der Waals surface area contributed by atoms with E-state index in [0.717, 1.165) is 27.8 Å². The van der Waals surface area contributed by atoms with E-state index in [4.69, 9.17) is 4.74 Å². The number of rotatable bonds is 5. The fourth-order valence-electron chi connectivity index (χ4n) is 3.70. The summed E-state index contributed by atoms with van der Waals surface area (Å²) in [5.74, 6) is 0.458. The first-order valence-corrected chi connectivity index (χ1v) is 10.4. The minimum absolute atomic E-state index is 0.198. The van der Waals surface area contributed by atoms with Gasteiger partial charge in [-0.3, -0.25) is 9.78 Å². The number of nitrogens with zero attached hydrogens (tertiary/aromatic N) is 3. The molecule has 0 bridgehead atoms. The van der Waals surface area contributed by atoms with Gasteiger partial charge in [0, 0.05) is 29.5 Å². The van der Waals surface area contributed by atoms with Gasteiger partial charge in [0.25, 0.3) is 5.91 Å². The molecule has 1 N–H and O–H groups in total. The van der Waals surface area contributed by atoms with Gasteiger partial charge in [-0.25, -0.2) is 4.98 Å². The molecule has 0 unspecified atom stereocenters. The average molecular weight is 422 g/mol. The van der Waals surface area contributed by atoms with E-state index in [-0.39, 0.29) is 5.91 Å². The number of aromatic nitrogens is 3. The number of benzene rings is 2. The van der Waals surface area contributed by atoms with Crippen LogP contribution in [0.15, 0.2) is 79.1 Å². The summed E-state index contributed by atoms with van der Waals surface area (Å²) in [5.41, 5.74) is 5.63. The van der Waals surface area contributed by atoms with Crippen LogP contribution in [0.2, 0.25) is 0 Å². The van der Waals surface area contributed by atoms with Crippen molar-refractivity contribution >= 4 is 28.1 Å². The van der Waals surface area contributed by atoms with Gasteiger partial charge >= 0.3 is 0 Å². The van der Waals surface area contributed by atoms with Crippen molar-refractivity contribution < 1.29 is 9.53 Å². The van der Waals surface area contributed by atoms with Crippen LogP contribution in [0.25, 0.3) is 16.6 Å². The Morgan fingerprint density at radius 2 is 1.91 bits per heavy atom. The molecule has 0 spiro atoms. The maximum atomic E-state index is 12.9.